The van der Waals surface area contributed by atoms with Crippen LogP contribution in [0.1, 0.15) is 69.2 Å². The van der Waals surface area contributed by atoms with Crippen molar-refractivity contribution >= 4 is 11.6 Å². The van der Waals surface area contributed by atoms with Crippen LogP contribution in [-0.4, -0.2) is 51.1 Å². The van der Waals surface area contributed by atoms with Gasteiger partial charge in [-0.15, -0.1) is 5.10 Å². The van der Waals surface area contributed by atoms with E-state index in [0.717, 1.165) is 50.3 Å². The third-order valence-corrected chi connectivity index (χ3v) is 8.01. The summed E-state index contributed by atoms with van der Waals surface area (Å²) >= 11 is 0. The first-order valence-corrected chi connectivity index (χ1v) is 13.7. The Kier molecular flexibility index (Phi) is 8.31. The molecule has 3 aromatic rings. The molecule has 2 saturated heterocycles. The predicted molar refractivity (Wildman–Crippen MR) is 145 cm³/mol. The van der Waals surface area contributed by atoms with Crippen LogP contribution in [0.5, 0.6) is 0 Å². The number of para-hydroxylation sites is 1. The van der Waals surface area contributed by atoms with Gasteiger partial charge in [0.2, 0.25) is 5.91 Å². The summed E-state index contributed by atoms with van der Waals surface area (Å²) in [6, 6.07) is 20.7. The number of carbonyl (C=O) groups is 1. The summed E-state index contributed by atoms with van der Waals surface area (Å²) in [5.41, 5.74) is 3.32. The summed E-state index contributed by atoms with van der Waals surface area (Å²) in [5, 5.41) is 11.9. The summed E-state index contributed by atoms with van der Waals surface area (Å²) in [7, 11) is 0. The van der Waals surface area contributed by atoms with E-state index in [9.17, 15) is 4.79 Å². The fourth-order valence-corrected chi connectivity index (χ4v) is 5.69. The second-order valence-electron chi connectivity index (χ2n) is 10.8. The summed E-state index contributed by atoms with van der Waals surface area (Å²) in [6.45, 7) is 7.17. The molecule has 2 aliphatic rings. The average Bonchev–Trinajstić information content (AvgIpc) is 3.60. The van der Waals surface area contributed by atoms with Crippen LogP contribution in [0.4, 0.5) is 5.69 Å². The zero-order valence-electron chi connectivity index (χ0n) is 22.0. The highest BCUT2D eigenvalue weighted by molar-refractivity contribution is 5.92. The molecule has 0 aliphatic carbocycles. The summed E-state index contributed by atoms with van der Waals surface area (Å²) in [5.74, 6) is 0.485. The van der Waals surface area contributed by atoms with Gasteiger partial charge in [0, 0.05) is 12.2 Å². The highest BCUT2D eigenvalue weighted by atomic mass is 16.5. The maximum Gasteiger partial charge on any atom is 0.229 e. The monoisotopic (exact) mass is 501 g/mol. The highest BCUT2D eigenvalue weighted by Crippen LogP contribution is 2.31. The van der Waals surface area contributed by atoms with Crippen LogP contribution in [0.3, 0.4) is 0 Å². The molecule has 2 fully saturated rings. The van der Waals surface area contributed by atoms with E-state index in [1.807, 2.05) is 41.9 Å². The molecule has 1 N–H and O–H groups in total. The molecule has 2 aliphatic heterocycles. The first-order valence-electron chi connectivity index (χ1n) is 13.7. The number of carbonyl (C=O) groups excluding carboxylic acids is 1. The fraction of sp³-hybridized carbons (Fsp3) is 0.500. The van der Waals surface area contributed by atoms with Crippen LogP contribution in [0.2, 0.25) is 0 Å². The van der Waals surface area contributed by atoms with Crippen molar-refractivity contribution in [3.63, 3.8) is 0 Å². The Bertz CT molecular complexity index is 1130. The maximum atomic E-state index is 12.7. The van der Waals surface area contributed by atoms with Crippen molar-refractivity contribution in [1.29, 1.82) is 0 Å². The Morgan fingerprint density at radius 1 is 1.00 bits per heavy atom. The van der Waals surface area contributed by atoms with Gasteiger partial charge in [0.1, 0.15) is 0 Å². The number of ether oxygens (including phenoxy) is 1. The molecule has 0 bridgehead atoms. The van der Waals surface area contributed by atoms with Crippen LogP contribution in [0.15, 0.2) is 66.9 Å². The van der Waals surface area contributed by atoms with Gasteiger partial charge in [-0.25, -0.2) is 4.68 Å². The Labute approximate surface area is 220 Å². The van der Waals surface area contributed by atoms with E-state index >= 15 is 0 Å². The Morgan fingerprint density at radius 3 is 2.43 bits per heavy atom. The third kappa shape index (κ3) is 6.65. The van der Waals surface area contributed by atoms with Gasteiger partial charge in [0.05, 0.1) is 36.1 Å². The zero-order chi connectivity index (χ0) is 25.6. The number of anilines is 1. The quantitative estimate of drug-likeness (QED) is 0.423. The standard InChI is InChI=1S/C30H39N5O2/c1-22(19-28-13-14-29(37-28)23(2)30(36)31-26-11-7-4-8-12-26)35-21-27(32-33-35)20-34-17-15-25(16-18-34)24-9-5-3-6-10-24/h3-12,21-23,25,28-29H,13-20H2,1-2H3,(H,31,36)/t22-,23+,28-,29+/m1/s1. The van der Waals surface area contributed by atoms with Crippen molar-refractivity contribution in [2.45, 2.75) is 76.7 Å². The predicted octanol–water partition coefficient (Wildman–Crippen LogP) is 5.43. The number of aromatic nitrogens is 3. The van der Waals surface area contributed by atoms with Gasteiger partial charge in [-0.3, -0.25) is 9.69 Å². The van der Waals surface area contributed by atoms with E-state index in [2.05, 4.69) is 64.0 Å². The fourth-order valence-electron chi connectivity index (χ4n) is 5.69. The molecule has 37 heavy (non-hydrogen) atoms. The second-order valence-corrected chi connectivity index (χ2v) is 10.8. The van der Waals surface area contributed by atoms with Gasteiger partial charge in [-0.2, -0.15) is 0 Å². The SMILES string of the molecule is C[C@H](C(=O)Nc1ccccc1)[C@@H]1CC[C@H](C[C@@H](C)n2cc(CN3CCC(c4ccccc4)CC3)nn2)O1. The number of benzene rings is 2. The minimum Gasteiger partial charge on any atom is -0.374 e. The Hall–Kier alpha value is -3.03. The van der Waals surface area contributed by atoms with Crippen molar-refractivity contribution < 1.29 is 9.53 Å². The third-order valence-electron chi connectivity index (χ3n) is 8.01. The molecular formula is C30H39N5O2. The van der Waals surface area contributed by atoms with Gasteiger partial charge in [-0.1, -0.05) is 60.7 Å². The van der Waals surface area contributed by atoms with Gasteiger partial charge in [0.15, 0.2) is 0 Å². The lowest BCUT2D eigenvalue weighted by atomic mass is 9.89. The number of hydrogen-bond donors (Lipinski definition) is 1. The highest BCUT2D eigenvalue weighted by Gasteiger charge is 2.34. The minimum atomic E-state index is -0.190. The number of amides is 1. The van der Waals surface area contributed by atoms with Crippen molar-refractivity contribution in [3.05, 3.63) is 78.1 Å². The molecule has 2 aromatic carbocycles. The van der Waals surface area contributed by atoms with Gasteiger partial charge in [-0.05, 0) is 75.7 Å². The maximum absolute atomic E-state index is 12.7. The van der Waals surface area contributed by atoms with Crippen molar-refractivity contribution in [2.24, 2.45) is 5.92 Å². The largest absolute Gasteiger partial charge is 0.374 e. The number of hydrogen-bond acceptors (Lipinski definition) is 5. The van der Waals surface area contributed by atoms with E-state index in [1.165, 1.54) is 18.4 Å². The van der Waals surface area contributed by atoms with Crippen molar-refractivity contribution in [2.75, 3.05) is 18.4 Å². The number of nitrogens with zero attached hydrogens (tertiary/aromatic N) is 4. The van der Waals surface area contributed by atoms with Crippen LogP contribution in [0.25, 0.3) is 0 Å². The van der Waals surface area contributed by atoms with E-state index in [0.29, 0.717) is 5.92 Å². The summed E-state index contributed by atoms with van der Waals surface area (Å²) in [6.07, 6.45) is 7.30. The molecule has 0 spiro atoms. The molecule has 4 atom stereocenters. The lowest BCUT2D eigenvalue weighted by molar-refractivity contribution is -0.124. The average molecular weight is 502 g/mol. The topological polar surface area (TPSA) is 72.3 Å². The summed E-state index contributed by atoms with van der Waals surface area (Å²) < 4.78 is 8.30. The number of piperidine rings is 1. The summed E-state index contributed by atoms with van der Waals surface area (Å²) in [4.78, 5) is 15.2. The smallest absolute Gasteiger partial charge is 0.229 e. The lowest BCUT2D eigenvalue weighted by Crippen LogP contribution is -2.32. The van der Waals surface area contributed by atoms with Gasteiger partial charge in [0.25, 0.3) is 0 Å². The molecule has 7 heteroatoms. The van der Waals surface area contributed by atoms with E-state index in [-0.39, 0.29) is 30.1 Å². The molecule has 3 heterocycles. The van der Waals surface area contributed by atoms with Gasteiger partial charge < -0.3 is 10.1 Å². The molecular weight excluding hydrogens is 462 g/mol. The number of likely N-dealkylation sites (tertiary alicyclic amines) is 1. The molecule has 7 nitrogen and oxygen atoms in total. The van der Waals surface area contributed by atoms with Crippen molar-refractivity contribution in [3.8, 4) is 0 Å². The van der Waals surface area contributed by atoms with Gasteiger partial charge >= 0.3 is 0 Å². The molecule has 1 amide bonds. The molecule has 0 saturated carbocycles. The molecule has 196 valence electrons. The lowest BCUT2D eigenvalue weighted by Gasteiger charge is -2.31. The van der Waals surface area contributed by atoms with E-state index in [1.54, 1.807) is 0 Å². The molecule has 1 aromatic heterocycles. The molecule has 0 radical (unpaired) electrons. The van der Waals surface area contributed by atoms with Crippen molar-refractivity contribution in [1.82, 2.24) is 19.9 Å². The van der Waals surface area contributed by atoms with E-state index in [4.69, 9.17) is 4.74 Å². The zero-order valence-corrected chi connectivity index (χ0v) is 22.0. The van der Waals surface area contributed by atoms with Crippen LogP contribution in [0, 0.1) is 5.92 Å². The minimum absolute atomic E-state index is 0.0126. The van der Waals surface area contributed by atoms with Crippen LogP contribution >= 0.6 is 0 Å². The Morgan fingerprint density at radius 2 is 1.70 bits per heavy atom. The van der Waals surface area contributed by atoms with Crippen LogP contribution in [-0.2, 0) is 16.1 Å². The second kappa shape index (κ2) is 12.0. The Balaban J connectivity index is 1.06. The van der Waals surface area contributed by atoms with E-state index < -0.39 is 0 Å². The first kappa shape index (κ1) is 25.6. The molecule has 0 unspecified atom stereocenters. The number of nitrogens with one attached hydrogen (secondary N) is 1. The van der Waals surface area contributed by atoms with Crippen LogP contribution < -0.4 is 5.32 Å². The molecule has 5 rings (SSSR count). The number of rotatable bonds is 9. The normalized spacial score (nSPS) is 22.5. The first-order chi connectivity index (χ1) is 18.0.